The molecule has 0 aromatic carbocycles. The molecule has 1 heterocycles. The summed E-state index contributed by atoms with van der Waals surface area (Å²) in [7, 11) is 0. The first-order chi connectivity index (χ1) is 7.79. The molecular formula is C11H21ClFN3O. The number of hydrogen-bond donors (Lipinski definition) is 1. The molecule has 0 fully saturated rings. The second-order valence-electron chi connectivity index (χ2n) is 3.50. The Morgan fingerprint density at radius 2 is 2.24 bits per heavy atom. The first-order valence-electron chi connectivity index (χ1n) is 5.78. The van der Waals surface area contributed by atoms with Crippen LogP contribution in [0.2, 0.25) is 0 Å². The molecule has 1 aromatic heterocycles. The average Bonchev–Trinajstić information content (AvgIpc) is 2.65. The van der Waals surface area contributed by atoms with Gasteiger partial charge in [0.2, 0.25) is 5.95 Å². The molecule has 17 heavy (non-hydrogen) atoms. The molecule has 6 heteroatoms. The van der Waals surface area contributed by atoms with E-state index in [1.165, 1.54) is 4.68 Å². The zero-order valence-corrected chi connectivity index (χ0v) is 11.2. The summed E-state index contributed by atoms with van der Waals surface area (Å²) in [6.07, 6.45) is 2.52. The summed E-state index contributed by atoms with van der Waals surface area (Å²) in [4.78, 5) is 0. The van der Waals surface area contributed by atoms with E-state index in [1.807, 2.05) is 13.8 Å². The summed E-state index contributed by atoms with van der Waals surface area (Å²) >= 11 is 0. The second-order valence-corrected chi connectivity index (χ2v) is 3.50. The van der Waals surface area contributed by atoms with Gasteiger partial charge in [-0.3, -0.25) is 0 Å². The highest BCUT2D eigenvalue weighted by molar-refractivity contribution is 5.85. The lowest BCUT2D eigenvalue weighted by Gasteiger charge is -2.03. The minimum atomic E-state index is -0.236. The van der Waals surface area contributed by atoms with Crippen molar-refractivity contribution in [3.8, 4) is 0 Å². The van der Waals surface area contributed by atoms with Crippen molar-refractivity contribution in [1.29, 1.82) is 0 Å². The van der Waals surface area contributed by atoms with Crippen molar-refractivity contribution in [1.82, 2.24) is 15.1 Å². The number of aromatic nitrogens is 2. The zero-order chi connectivity index (χ0) is 11.8. The molecule has 0 amide bonds. The highest BCUT2D eigenvalue weighted by Gasteiger charge is 2.07. The van der Waals surface area contributed by atoms with Crippen LogP contribution in [0.1, 0.15) is 25.8 Å². The molecule has 0 aliphatic heterocycles. The van der Waals surface area contributed by atoms with Crippen LogP contribution in [0.5, 0.6) is 0 Å². The number of hydrogen-bond acceptors (Lipinski definition) is 3. The van der Waals surface area contributed by atoms with Crippen molar-refractivity contribution in [3.63, 3.8) is 0 Å². The van der Waals surface area contributed by atoms with Gasteiger partial charge in [-0.25, -0.2) is 4.68 Å². The van der Waals surface area contributed by atoms with Crippen LogP contribution in [-0.4, -0.2) is 29.5 Å². The monoisotopic (exact) mass is 265 g/mol. The molecule has 0 saturated carbocycles. The molecule has 100 valence electrons. The number of nitrogens with zero attached hydrogens (tertiary/aromatic N) is 2. The number of halogens is 2. The lowest BCUT2D eigenvalue weighted by molar-refractivity contribution is 0.144. The van der Waals surface area contributed by atoms with E-state index in [-0.39, 0.29) is 18.4 Å². The van der Waals surface area contributed by atoms with Gasteiger partial charge in [-0.1, -0.05) is 0 Å². The van der Waals surface area contributed by atoms with Crippen molar-refractivity contribution >= 4 is 12.4 Å². The maximum absolute atomic E-state index is 13.5. The molecule has 0 bridgehead atoms. The summed E-state index contributed by atoms with van der Waals surface area (Å²) in [5.41, 5.74) is 0.623. The second kappa shape index (κ2) is 9.39. The standard InChI is InChI=1S/C11H20FN3O.ClH/c1-3-15-11(12)10(9-14-15)8-13-6-5-7-16-4-2;/h9,13H,3-8H2,1-2H3;1H. The average molecular weight is 266 g/mol. The van der Waals surface area contributed by atoms with E-state index in [1.54, 1.807) is 6.20 Å². The maximum atomic E-state index is 13.5. The van der Waals surface area contributed by atoms with Crippen LogP contribution in [0.4, 0.5) is 4.39 Å². The summed E-state index contributed by atoms with van der Waals surface area (Å²) < 4.78 is 20.1. The highest BCUT2D eigenvalue weighted by atomic mass is 35.5. The summed E-state index contributed by atoms with van der Waals surface area (Å²) in [6, 6.07) is 0. The van der Waals surface area contributed by atoms with Gasteiger partial charge in [0.05, 0.1) is 6.20 Å². The Morgan fingerprint density at radius 3 is 2.82 bits per heavy atom. The number of ether oxygens (including phenoxy) is 1. The molecule has 1 N–H and O–H groups in total. The fraction of sp³-hybridized carbons (Fsp3) is 0.727. The third-order valence-corrected chi connectivity index (χ3v) is 2.31. The molecule has 1 aromatic rings. The van der Waals surface area contributed by atoms with Gasteiger partial charge in [-0.2, -0.15) is 9.49 Å². The Balaban J connectivity index is 0.00000256. The Bertz CT molecular complexity index is 307. The van der Waals surface area contributed by atoms with Crippen molar-refractivity contribution in [2.75, 3.05) is 19.8 Å². The summed E-state index contributed by atoms with van der Waals surface area (Å²) in [5, 5.41) is 7.11. The first kappa shape index (κ1) is 16.4. The lowest BCUT2D eigenvalue weighted by Crippen LogP contribution is -2.17. The van der Waals surface area contributed by atoms with Gasteiger partial charge >= 0.3 is 0 Å². The van der Waals surface area contributed by atoms with Gasteiger partial charge in [0.1, 0.15) is 0 Å². The SMILES string of the molecule is CCOCCCNCc1cnn(CC)c1F.Cl. The van der Waals surface area contributed by atoms with Crippen LogP contribution in [-0.2, 0) is 17.8 Å². The highest BCUT2D eigenvalue weighted by Crippen LogP contribution is 2.05. The fourth-order valence-corrected chi connectivity index (χ4v) is 1.41. The minimum absolute atomic E-state index is 0. The number of aryl methyl sites for hydroxylation is 1. The van der Waals surface area contributed by atoms with Crippen LogP contribution in [0, 0.1) is 5.95 Å². The van der Waals surface area contributed by atoms with E-state index in [0.29, 0.717) is 18.7 Å². The lowest BCUT2D eigenvalue weighted by atomic mass is 10.3. The van der Waals surface area contributed by atoms with Crippen molar-refractivity contribution in [2.24, 2.45) is 0 Å². The number of nitrogens with one attached hydrogen (secondary N) is 1. The van der Waals surface area contributed by atoms with Gasteiger partial charge in [0.25, 0.3) is 0 Å². The van der Waals surface area contributed by atoms with Gasteiger partial charge < -0.3 is 10.1 Å². The molecule has 0 atom stereocenters. The summed E-state index contributed by atoms with van der Waals surface area (Å²) in [5.74, 6) is -0.236. The van der Waals surface area contributed by atoms with E-state index in [9.17, 15) is 4.39 Å². The third kappa shape index (κ3) is 5.48. The molecule has 0 aliphatic carbocycles. The molecular weight excluding hydrogens is 245 g/mol. The predicted octanol–water partition coefficient (Wildman–Crippen LogP) is 1.98. The van der Waals surface area contributed by atoms with Gasteiger partial charge in [-0.15, -0.1) is 12.4 Å². The van der Waals surface area contributed by atoms with Gasteiger partial charge in [0.15, 0.2) is 0 Å². The quantitative estimate of drug-likeness (QED) is 0.731. The molecule has 0 aliphatic rings. The van der Waals surface area contributed by atoms with E-state index in [4.69, 9.17) is 4.74 Å². The zero-order valence-electron chi connectivity index (χ0n) is 10.4. The first-order valence-corrected chi connectivity index (χ1v) is 5.78. The fourth-order valence-electron chi connectivity index (χ4n) is 1.41. The number of rotatable bonds is 8. The van der Waals surface area contributed by atoms with Crippen LogP contribution < -0.4 is 5.32 Å². The molecule has 1 rings (SSSR count). The van der Waals surface area contributed by atoms with E-state index in [0.717, 1.165) is 26.2 Å². The smallest absolute Gasteiger partial charge is 0.215 e. The van der Waals surface area contributed by atoms with E-state index < -0.39 is 0 Å². The van der Waals surface area contributed by atoms with Crippen molar-refractivity contribution in [2.45, 2.75) is 33.4 Å². The van der Waals surface area contributed by atoms with Crippen molar-refractivity contribution in [3.05, 3.63) is 17.7 Å². The van der Waals surface area contributed by atoms with Crippen LogP contribution in [0.25, 0.3) is 0 Å². The Hall–Kier alpha value is -0.650. The van der Waals surface area contributed by atoms with Crippen LogP contribution in [0.15, 0.2) is 6.20 Å². The van der Waals surface area contributed by atoms with Gasteiger partial charge in [0, 0.05) is 31.9 Å². The maximum Gasteiger partial charge on any atom is 0.215 e. The molecule has 4 nitrogen and oxygen atoms in total. The summed E-state index contributed by atoms with van der Waals surface area (Å²) in [6.45, 7) is 7.26. The Kier molecular flexibility index (Phi) is 9.03. The van der Waals surface area contributed by atoms with E-state index in [2.05, 4.69) is 10.4 Å². The topological polar surface area (TPSA) is 39.1 Å². The predicted molar refractivity (Wildman–Crippen MR) is 67.9 cm³/mol. The normalized spacial score (nSPS) is 10.3. The molecule has 0 saturated heterocycles. The molecule has 0 unspecified atom stereocenters. The molecule has 0 radical (unpaired) electrons. The third-order valence-electron chi connectivity index (χ3n) is 2.31. The minimum Gasteiger partial charge on any atom is -0.382 e. The van der Waals surface area contributed by atoms with E-state index >= 15 is 0 Å². The van der Waals surface area contributed by atoms with Gasteiger partial charge in [-0.05, 0) is 26.8 Å². The largest absolute Gasteiger partial charge is 0.382 e. The Labute approximate surface area is 108 Å². The van der Waals surface area contributed by atoms with Crippen LogP contribution >= 0.6 is 12.4 Å². The molecule has 0 spiro atoms. The van der Waals surface area contributed by atoms with Crippen LogP contribution in [0.3, 0.4) is 0 Å². The Morgan fingerprint density at radius 1 is 1.47 bits per heavy atom. The van der Waals surface area contributed by atoms with Crippen molar-refractivity contribution < 1.29 is 9.13 Å².